The van der Waals surface area contributed by atoms with Crippen molar-refractivity contribution in [3.63, 3.8) is 0 Å². The Morgan fingerprint density at radius 2 is 1.88 bits per heavy atom. The second-order valence-electron chi connectivity index (χ2n) is 7.85. The first-order valence-corrected chi connectivity index (χ1v) is 11.2. The van der Waals surface area contributed by atoms with Crippen LogP contribution >= 0.6 is 11.6 Å². The summed E-state index contributed by atoms with van der Waals surface area (Å²) in [5.41, 5.74) is 0.571. The number of likely N-dealkylation sites (tertiary alicyclic amines) is 1. The summed E-state index contributed by atoms with van der Waals surface area (Å²) < 4.78 is 18.5. The minimum absolute atomic E-state index is 0.185. The molecule has 0 aromatic heterocycles. The highest BCUT2D eigenvalue weighted by Crippen LogP contribution is 2.24. The van der Waals surface area contributed by atoms with Gasteiger partial charge in [0, 0.05) is 32.3 Å². The van der Waals surface area contributed by atoms with Gasteiger partial charge in [-0.05, 0) is 49.1 Å². The van der Waals surface area contributed by atoms with Crippen molar-refractivity contribution in [3.8, 4) is 0 Å². The molecule has 1 heterocycles. The zero-order chi connectivity index (χ0) is 23.8. The number of halogens is 2. The lowest BCUT2D eigenvalue weighted by Gasteiger charge is -2.36. The van der Waals surface area contributed by atoms with Crippen LogP contribution in [0.15, 0.2) is 48.5 Å². The molecule has 0 radical (unpaired) electrons. The number of carbonyl (C=O) groups is 3. The largest absolute Gasteiger partial charge is 0.383 e. The summed E-state index contributed by atoms with van der Waals surface area (Å²) in [5.74, 6) is -1.66. The van der Waals surface area contributed by atoms with Gasteiger partial charge >= 0.3 is 0 Å². The van der Waals surface area contributed by atoms with Crippen LogP contribution in [0.1, 0.15) is 33.6 Å². The van der Waals surface area contributed by atoms with Gasteiger partial charge in [-0.1, -0.05) is 29.8 Å². The van der Waals surface area contributed by atoms with E-state index in [1.54, 1.807) is 35.2 Å². The smallest absolute Gasteiger partial charge is 0.253 e. The number of piperidine rings is 1. The van der Waals surface area contributed by atoms with Crippen LogP contribution in [0.5, 0.6) is 0 Å². The Hall–Kier alpha value is -2.97. The highest BCUT2D eigenvalue weighted by molar-refractivity contribution is 6.33. The zero-order valence-corrected chi connectivity index (χ0v) is 19.1. The molecule has 33 heavy (non-hydrogen) atoms. The number of hydrogen-bond acceptors (Lipinski definition) is 4. The van der Waals surface area contributed by atoms with E-state index in [4.69, 9.17) is 16.3 Å². The molecule has 0 spiro atoms. The van der Waals surface area contributed by atoms with Gasteiger partial charge in [0.1, 0.15) is 11.9 Å². The van der Waals surface area contributed by atoms with E-state index >= 15 is 0 Å². The van der Waals surface area contributed by atoms with E-state index in [0.717, 1.165) is 0 Å². The molecule has 2 aromatic rings. The molecule has 176 valence electrons. The minimum atomic E-state index is -0.794. The molecular formula is C24H27ClFN3O4. The van der Waals surface area contributed by atoms with Crippen molar-refractivity contribution < 1.29 is 23.5 Å². The summed E-state index contributed by atoms with van der Waals surface area (Å²) >= 11 is 6.14. The van der Waals surface area contributed by atoms with Crippen molar-refractivity contribution in [1.82, 2.24) is 15.5 Å². The number of nitrogens with zero attached hydrogens (tertiary/aromatic N) is 1. The quantitative estimate of drug-likeness (QED) is 0.575. The summed E-state index contributed by atoms with van der Waals surface area (Å²) in [6, 6.07) is 11.4. The molecule has 1 fully saturated rings. The third-order valence-electron chi connectivity index (χ3n) is 5.66. The van der Waals surface area contributed by atoms with Crippen molar-refractivity contribution in [1.29, 1.82) is 0 Å². The normalized spacial score (nSPS) is 15.1. The zero-order valence-electron chi connectivity index (χ0n) is 18.4. The van der Waals surface area contributed by atoms with Crippen molar-refractivity contribution in [2.45, 2.75) is 18.9 Å². The fourth-order valence-corrected chi connectivity index (χ4v) is 4.11. The van der Waals surface area contributed by atoms with Gasteiger partial charge in [0.25, 0.3) is 11.8 Å². The van der Waals surface area contributed by atoms with Crippen LogP contribution in [0.2, 0.25) is 5.02 Å². The number of rotatable bonds is 8. The third-order valence-corrected chi connectivity index (χ3v) is 5.99. The van der Waals surface area contributed by atoms with E-state index in [2.05, 4.69) is 10.6 Å². The van der Waals surface area contributed by atoms with E-state index in [-0.39, 0.29) is 28.9 Å². The maximum absolute atomic E-state index is 13.5. The van der Waals surface area contributed by atoms with Crippen LogP contribution in [0.3, 0.4) is 0 Å². The first kappa shape index (κ1) is 24.7. The lowest BCUT2D eigenvalue weighted by Crippen LogP contribution is -2.54. The van der Waals surface area contributed by atoms with E-state index in [0.29, 0.717) is 44.1 Å². The summed E-state index contributed by atoms with van der Waals surface area (Å²) in [6.45, 7) is 1.44. The molecule has 7 nitrogen and oxygen atoms in total. The highest BCUT2D eigenvalue weighted by Gasteiger charge is 2.34. The average molecular weight is 476 g/mol. The molecule has 1 aliphatic rings. The standard InChI is InChI=1S/C24H27ClFN3O4/c1-33-14-11-27-23(31)21(28-22(30)19-7-2-3-8-20(19)25)16-9-12-29(13-10-16)24(32)17-5-4-6-18(26)15-17/h2-8,15-16,21H,9-14H2,1H3,(H,27,31)(H,28,30)/t21-/m1/s1. The molecule has 9 heteroatoms. The van der Waals surface area contributed by atoms with Gasteiger partial charge in [-0.15, -0.1) is 0 Å². The molecule has 3 amide bonds. The topological polar surface area (TPSA) is 87.7 Å². The Morgan fingerprint density at radius 1 is 1.15 bits per heavy atom. The van der Waals surface area contributed by atoms with Crippen molar-refractivity contribution >= 4 is 29.3 Å². The molecule has 0 saturated carbocycles. The van der Waals surface area contributed by atoms with Crippen molar-refractivity contribution in [2.75, 3.05) is 33.4 Å². The number of amides is 3. The van der Waals surface area contributed by atoms with Gasteiger partial charge in [-0.25, -0.2) is 4.39 Å². The van der Waals surface area contributed by atoms with Crippen LogP contribution in [0, 0.1) is 11.7 Å². The molecule has 1 atom stereocenters. The van der Waals surface area contributed by atoms with E-state index in [9.17, 15) is 18.8 Å². The average Bonchev–Trinajstić information content (AvgIpc) is 2.82. The number of ether oxygens (including phenoxy) is 1. The first-order valence-electron chi connectivity index (χ1n) is 10.8. The van der Waals surface area contributed by atoms with Gasteiger partial charge in [0.05, 0.1) is 17.2 Å². The number of carbonyl (C=O) groups excluding carboxylic acids is 3. The van der Waals surface area contributed by atoms with Gasteiger partial charge in [0.15, 0.2) is 0 Å². The second kappa shape index (κ2) is 11.8. The maximum atomic E-state index is 13.5. The molecule has 2 aromatic carbocycles. The fourth-order valence-electron chi connectivity index (χ4n) is 3.89. The lowest BCUT2D eigenvalue weighted by atomic mass is 9.88. The summed E-state index contributed by atoms with van der Waals surface area (Å²) in [4.78, 5) is 40.1. The van der Waals surface area contributed by atoms with Gasteiger partial charge in [0.2, 0.25) is 5.91 Å². The molecule has 3 rings (SSSR count). The van der Waals surface area contributed by atoms with Gasteiger partial charge in [-0.3, -0.25) is 14.4 Å². The lowest BCUT2D eigenvalue weighted by molar-refractivity contribution is -0.124. The SMILES string of the molecule is COCCNC(=O)[C@H](NC(=O)c1ccccc1Cl)C1CCN(C(=O)c2cccc(F)c2)CC1. The number of methoxy groups -OCH3 is 1. The molecule has 0 bridgehead atoms. The Labute approximate surface area is 197 Å². The van der Waals surface area contributed by atoms with E-state index < -0.39 is 17.8 Å². The highest BCUT2D eigenvalue weighted by atomic mass is 35.5. The van der Waals surface area contributed by atoms with Crippen LogP contribution in [-0.2, 0) is 9.53 Å². The molecule has 1 aliphatic heterocycles. The van der Waals surface area contributed by atoms with E-state index in [1.165, 1.54) is 25.3 Å². The Kier molecular flexibility index (Phi) is 8.79. The number of benzene rings is 2. The third kappa shape index (κ3) is 6.52. The molecule has 2 N–H and O–H groups in total. The first-order chi connectivity index (χ1) is 15.9. The van der Waals surface area contributed by atoms with E-state index in [1.807, 2.05) is 0 Å². The molecule has 0 unspecified atom stereocenters. The fraction of sp³-hybridized carbons (Fsp3) is 0.375. The van der Waals surface area contributed by atoms with Crippen molar-refractivity contribution in [3.05, 3.63) is 70.5 Å². The Bertz CT molecular complexity index is 995. The second-order valence-corrected chi connectivity index (χ2v) is 8.26. The van der Waals surface area contributed by atoms with Gasteiger partial charge in [-0.2, -0.15) is 0 Å². The van der Waals surface area contributed by atoms with Crippen molar-refractivity contribution in [2.24, 2.45) is 5.92 Å². The molecule has 1 saturated heterocycles. The number of hydrogen-bond donors (Lipinski definition) is 2. The van der Waals surface area contributed by atoms with Crippen LogP contribution < -0.4 is 10.6 Å². The Morgan fingerprint density at radius 3 is 2.55 bits per heavy atom. The summed E-state index contributed by atoms with van der Waals surface area (Å²) in [6.07, 6.45) is 1.01. The van der Waals surface area contributed by atoms with Gasteiger partial charge < -0.3 is 20.3 Å². The minimum Gasteiger partial charge on any atom is -0.383 e. The Balaban J connectivity index is 1.69. The van der Waals surface area contributed by atoms with Crippen LogP contribution in [0.4, 0.5) is 4.39 Å². The number of nitrogens with one attached hydrogen (secondary N) is 2. The predicted molar refractivity (Wildman–Crippen MR) is 123 cm³/mol. The summed E-state index contributed by atoms with van der Waals surface area (Å²) in [5, 5.41) is 5.90. The molecular weight excluding hydrogens is 449 g/mol. The van der Waals surface area contributed by atoms with Crippen LogP contribution in [0.25, 0.3) is 0 Å². The summed E-state index contributed by atoms with van der Waals surface area (Å²) in [7, 11) is 1.54. The molecule has 0 aliphatic carbocycles. The van der Waals surface area contributed by atoms with Crippen LogP contribution in [-0.4, -0.2) is 62.0 Å². The monoisotopic (exact) mass is 475 g/mol. The predicted octanol–water partition coefficient (Wildman–Crippen LogP) is 2.89. The maximum Gasteiger partial charge on any atom is 0.253 e.